The number of piperidine rings is 1. The Hall–Kier alpha value is -0.280. The van der Waals surface area contributed by atoms with Crippen molar-refractivity contribution in [2.24, 2.45) is 5.92 Å². The van der Waals surface area contributed by atoms with Gasteiger partial charge in [0.05, 0.1) is 0 Å². The lowest BCUT2D eigenvalue weighted by atomic mass is 9.90. The Morgan fingerprint density at radius 1 is 1.24 bits per heavy atom. The Balaban J connectivity index is 1.55. The van der Waals surface area contributed by atoms with Gasteiger partial charge in [0, 0.05) is 28.2 Å². The molecule has 0 spiro atoms. The Morgan fingerprint density at radius 3 is 2.52 bits per heavy atom. The first kappa shape index (κ1) is 15.6. The normalized spacial score (nSPS) is 30.6. The molecule has 3 atom stereocenters. The summed E-state index contributed by atoms with van der Waals surface area (Å²) in [6.45, 7) is 3.26. The van der Waals surface area contributed by atoms with Gasteiger partial charge < -0.3 is 10.2 Å². The zero-order valence-corrected chi connectivity index (χ0v) is 14.3. The molecular weight excluding hydrogens is 303 g/mol. The predicted octanol–water partition coefficient (Wildman–Crippen LogP) is 4.52. The van der Waals surface area contributed by atoms with Gasteiger partial charge in [0.15, 0.2) is 0 Å². The van der Waals surface area contributed by atoms with E-state index in [1.54, 1.807) is 0 Å². The van der Waals surface area contributed by atoms with Crippen molar-refractivity contribution in [2.75, 3.05) is 13.6 Å². The summed E-state index contributed by atoms with van der Waals surface area (Å²) in [5.74, 6) is 0.798. The number of fused-ring (bicyclic) bond motifs is 2. The lowest BCUT2D eigenvalue weighted by Crippen LogP contribution is -2.42. The molecule has 1 aromatic rings. The lowest BCUT2D eigenvalue weighted by molar-refractivity contribution is 0.131. The van der Waals surface area contributed by atoms with Gasteiger partial charge in [0.1, 0.15) is 0 Å². The summed E-state index contributed by atoms with van der Waals surface area (Å²) in [6.07, 6.45) is 5.44. The molecule has 4 heteroatoms. The van der Waals surface area contributed by atoms with Crippen LogP contribution in [0.3, 0.4) is 0 Å². The molecule has 0 saturated carbocycles. The molecule has 0 radical (unpaired) electrons. The van der Waals surface area contributed by atoms with E-state index in [9.17, 15) is 0 Å². The minimum atomic E-state index is 0.270. The first-order valence-electron chi connectivity index (χ1n) is 7.95. The third-order valence-electron chi connectivity index (χ3n) is 5.34. The molecule has 2 fully saturated rings. The Labute approximate surface area is 137 Å². The van der Waals surface area contributed by atoms with Gasteiger partial charge in [0.25, 0.3) is 0 Å². The molecule has 0 aromatic heterocycles. The predicted molar refractivity (Wildman–Crippen MR) is 90.2 cm³/mol. The van der Waals surface area contributed by atoms with E-state index in [4.69, 9.17) is 23.2 Å². The molecule has 21 heavy (non-hydrogen) atoms. The second-order valence-electron chi connectivity index (χ2n) is 6.68. The van der Waals surface area contributed by atoms with Crippen molar-refractivity contribution in [1.82, 2.24) is 10.2 Å². The van der Waals surface area contributed by atoms with Gasteiger partial charge >= 0.3 is 0 Å². The molecule has 2 nitrogen and oxygen atoms in total. The highest BCUT2D eigenvalue weighted by molar-refractivity contribution is 6.35. The fourth-order valence-corrected chi connectivity index (χ4v) is 4.57. The molecule has 0 amide bonds. The average molecular weight is 327 g/mol. The molecule has 1 N–H and O–H groups in total. The van der Waals surface area contributed by atoms with Crippen LogP contribution in [0.15, 0.2) is 18.2 Å². The third kappa shape index (κ3) is 3.39. The maximum atomic E-state index is 6.29. The highest BCUT2D eigenvalue weighted by Crippen LogP contribution is 2.37. The van der Waals surface area contributed by atoms with Crippen molar-refractivity contribution in [3.63, 3.8) is 0 Å². The minimum absolute atomic E-state index is 0.270. The molecule has 116 valence electrons. The lowest BCUT2D eigenvalue weighted by Gasteiger charge is -2.36. The summed E-state index contributed by atoms with van der Waals surface area (Å²) in [7, 11) is 2.29. The maximum absolute atomic E-state index is 6.29. The highest BCUT2D eigenvalue weighted by atomic mass is 35.5. The molecule has 3 unspecified atom stereocenters. The van der Waals surface area contributed by atoms with E-state index in [0.29, 0.717) is 5.02 Å². The van der Waals surface area contributed by atoms with Crippen LogP contribution in [0.2, 0.25) is 10.0 Å². The number of nitrogens with one attached hydrogen (secondary N) is 1. The number of benzene rings is 1. The summed E-state index contributed by atoms with van der Waals surface area (Å²) in [5, 5.41) is 5.12. The Morgan fingerprint density at radius 2 is 1.90 bits per heavy atom. The van der Waals surface area contributed by atoms with E-state index < -0.39 is 0 Å². The van der Waals surface area contributed by atoms with Crippen molar-refractivity contribution in [3.05, 3.63) is 33.8 Å². The SMILES string of the molecule is CC(NCC1CC2CCC(C1)N2C)c1ccc(Cl)cc1Cl. The minimum Gasteiger partial charge on any atom is -0.310 e. The van der Waals surface area contributed by atoms with Crippen LogP contribution in [0.25, 0.3) is 0 Å². The molecule has 2 saturated heterocycles. The van der Waals surface area contributed by atoms with Crippen LogP contribution in [-0.4, -0.2) is 30.6 Å². The van der Waals surface area contributed by atoms with E-state index in [1.807, 2.05) is 18.2 Å². The van der Waals surface area contributed by atoms with Crippen molar-refractivity contribution in [2.45, 2.75) is 50.7 Å². The van der Waals surface area contributed by atoms with Gasteiger partial charge in [-0.15, -0.1) is 0 Å². The molecule has 2 aliphatic heterocycles. The number of hydrogen-bond acceptors (Lipinski definition) is 2. The summed E-state index contributed by atoms with van der Waals surface area (Å²) in [4.78, 5) is 2.59. The first-order valence-corrected chi connectivity index (χ1v) is 8.70. The summed E-state index contributed by atoms with van der Waals surface area (Å²) in [5.41, 5.74) is 1.14. The van der Waals surface area contributed by atoms with Gasteiger partial charge in [-0.1, -0.05) is 29.3 Å². The molecular formula is C17H24Cl2N2. The van der Waals surface area contributed by atoms with Crippen LogP contribution in [0, 0.1) is 5.92 Å². The van der Waals surface area contributed by atoms with E-state index in [0.717, 1.165) is 35.1 Å². The fourth-order valence-electron chi connectivity index (χ4n) is 4.00. The topological polar surface area (TPSA) is 15.3 Å². The van der Waals surface area contributed by atoms with E-state index in [1.165, 1.54) is 25.7 Å². The molecule has 0 aliphatic carbocycles. The molecule has 2 bridgehead atoms. The third-order valence-corrected chi connectivity index (χ3v) is 5.90. The zero-order valence-electron chi connectivity index (χ0n) is 12.8. The number of rotatable bonds is 4. The quantitative estimate of drug-likeness (QED) is 0.875. The van der Waals surface area contributed by atoms with Gasteiger partial charge in [-0.2, -0.15) is 0 Å². The molecule has 3 rings (SSSR count). The Kier molecular flexibility index (Phi) is 4.80. The second-order valence-corrected chi connectivity index (χ2v) is 7.53. The van der Waals surface area contributed by atoms with Crippen LogP contribution in [0.4, 0.5) is 0 Å². The van der Waals surface area contributed by atoms with E-state index in [2.05, 4.69) is 24.2 Å². The van der Waals surface area contributed by atoms with Crippen LogP contribution in [-0.2, 0) is 0 Å². The smallest absolute Gasteiger partial charge is 0.0468 e. The van der Waals surface area contributed by atoms with Crippen LogP contribution >= 0.6 is 23.2 Å². The van der Waals surface area contributed by atoms with Gasteiger partial charge in [-0.25, -0.2) is 0 Å². The summed E-state index contributed by atoms with van der Waals surface area (Å²) in [6, 6.07) is 7.66. The summed E-state index contributed by atoms with van der Waals surface area (Å²) >= 11 is 12.3. The number of halogens is 2. The molecule has 2 heterocycles. The van der Waals surface area contributed by atoms with Gasteiger partial charge in [-0.05, 0) is 69.8 Å². The highest BCUT2D eigenvalue weighted by Gasteiger charge is 2.38. The van der Waals surface area contributed by atoms with Crippen molar-refractivity contribution >= 4 is 23.2 Å². The van der Waals surface area contributed by atoms with Crippen LogP contribution in [0.1, 0.15) is 44.2 Å². The van der Waals surface area contributed by atoms with Crippen LogP contribution < -0.4 is 5.32 Å². The van der Waals surface area contributed by atoms with Gasteiger partial charge in [0.2, 0.25) is 0 Å². The van der Waals surface area contributed by atoms with Gasteiger partial charge in [-0.3, -0.25) is 0 Å². The molecule has 1 aromatic carbocycles. The van der Waals surface area contributed by atoms with Crippen LogP contribution in [0.5, 0.6) is 0 Å². The van der Waals surface area contributed by atoms with E-state index >= 15 is 0 Å². The molecule has 2 aliphatic rings. The van der Waals surface area contributed by atoms with Crippen molar-refractivity contribution in [1.29, 1.82) is 0 Å². The van der Waals surface area contributed by atoms with E-state index in [-0.39, 0.29) is 6.04 Å². The number of hydrogen-bond donors (Lipinski definition) is 1. The largest absolute Gasteiger partial charge is 0.310 e. The standard InChI is InChI=1S/C17H24Cl2N2/c1-11(16-6-3-13(18)9-17(16)19)20-10-12-7-14-4-5-15(8-12)21(14)2/h3,6,9,11-12,14-15,20H,4-5,7-8,10H2,1-2H3. The maximum Gasteiger partial charge on any atom is 0.0468 e. The monoisotopic (exact) mass is 326 g/mol. The zero-order chi connectivity index (χ0) is 15.0. The summed E-state index contributed by atoms with van der Waals surface area (Å²) < 4.78 is 0. The second kappa shape index (κ2) is 6.45. The number of nitrogens with zero attached hydrogens (tertiary/aromatic N) is 1. The van der Waals surface area contributed by atoms with Crippen molar-refractivity contribution in [3.8, 4) is 0 Å². The fraction of sp³-hybridized carbons (Fsp3) is 0.647. The average Bonchev–Trinajstić information content (AvgIpc) is 2.67. The van der Waals surface area contributed by atoms with Crippen molar-refractivity contribution < 1.29 is 0 Å². The first-order chi connectivity index (χ1) is 10.0. The Bertz CT molecular complexity index is 492.